The van der Waals surface area contributed by atoms with Gasteiger partial charge in [0.05, 0.1) is 0 Å². The molecular weight excluding hydrogens is 216 g/mol. The van der Waals surface area contributed by atoms with Crippen LogP contribution in [0.25, 0.3) is 6.08 Å². The summed E-state index contributed by atoms with van der Waals surface area (Å²) in [6, 6.07) is 8.96. The molecule has 3 atom stereocenters. The molecule has 0 heteroatoms. The van der Waals surface area contributed by atoms with Gasteiger partial charge >= 0.3 is 0 Å². The normalized spacial score (nSPS) is 35.9. The van der Waals surface area contributed by atoms with Crippen molar-refractivity contribution in [3.8, 4) is 0 Å². The maximum absolute atomic E-state index is 2.60. The highest BCUT2D eigenvalue weighted by Crippen LogP contribution is 2.63. The number of hydrogen-bond acceptors (Lipinski definition) is 0. The quantitative estimate of drug-likeness (QED) is 0.638. The average Bonchev–Trinajstić information content (AvgIpc) is 3.10. The summed E-state index contributed by atoms with van der Waals surface area (Å²) < 4.78 is 0. The molecule has 3 unspecified atom stereocenters. The lowest BCUT2D eigenvalue weighted by atomic mass is 9.67. The van der Waals surface area contributed by atoms with E-state index < -0.39 is 0 Å². The van der Waals surface area contributed by atoms with Crippen LogP contribution in [-0.2, 0) is 0 Å². The van der Waals surface area contributed by atoms with E-state index in [1.807, 2.05) is 0 Å². The largest absolute Gasteiger partial charge is 0.0816 e. The van der Waals surface area contributed by atoms with Gasteiger partial charge in [0.2, 0.25) is 0 Å². The first-order valence-electron chi connectivity index (χ1n) is 7.32. The van der Waals surface area contributed by atoms with Gasteiger partial charge in [0.15, 0.2) is 0 Å². The molecule has 92 valence electrons. The minimum atomic E-state index is 0.475. The van der Waals surface area contributed by atoms with E-state index in [1.165, 1.54) is 31.2 Å². The van der Waals surface area contributed by atoms with Crippen molar-refractivity contribution in [2.75, 3.05) is 0 Å². The summed E-state index contributed by atoms with van der Waals surface area (Å²) in [7, 11) is 0. The molecule has 0 spiro atoms. The zero-order valence-electron chi connectivity index (χ0n) is 11.0. The maximum atomic E-state index is 2.60. The third-order valence-electron chi connectivity index (χ3n) is 5.44. The molecule has 0 N–H and O–H groups in total. The lowest BCUT2D eigenvalue weighted by Crippen LogP contribution is -2.25. The molecule has 0 saturated heterocycles. The van der Waals surface area contributed by atoms with E-state index in [2.05, 4.69) is 49.4 Å². The SMILES string of the molecule is CCC1=CC2CCC1(C1C=Cc3ccccc31)C2. The molecule has 0 aliphatic heterocycles. The zero-order valence-corrected chi connectivity index (χ0v) is 11.0. The first-order chi connectivity index (χ1) is 8.83. The van der Waals surface area contributed by atoms with E-state index in [4.69, 9.17) is 0 Å². The van der Waals surface area contributed by atoms with E-state index in [0.29, 0.717) is 11.3 Å². The molecule has 0 aromatic heterocycles. The molecule has 1 aromatic rings. The Labute approximate surface area is 109 Å². The molecule has 1 saturated carbocycles. The van der Waals surface area contributed by atoms with Gasteiger partial charge in [-0.05, 0) is 42.7 Å². The van der Waals surface area contributed by atoms with Crippen LogP contribution in [0, 0.1) is 11.3 Å². The van der Waals surface area contributed by atoms with E-state index in [0.717, 1.165) is 5.92 Å². The predicted octanol–water partition coefficient (Wildman–Crippen LogP) is 4.93. The highest BCUT2D eigenvalue weighted by atomic mass is 14.5. The van der Waals surface area contributed by atoms with Crippen LogP contribution in [0.3, 0.4) is 0 Å². The van der Waals surface area contributed by atoms with Crippen molar-refractivity contribution in [1.82, 2.24) is 0 Å². The second kappa shape index (κ2) is 3.60. The summed E-state index contributed by atoms with van der Waals surface area (Å²) in [5, 5.41) is 0. The van der Waals surface area contributed by atoms with Crippen LogP contribution in [0.15, 0.2) is 42.0 Å². The Bertz CT molecular complexity index is 549. The molecular formula is C18H20. The minimum absolute atomic E-state index is 0.475. The fraction of sp³-hybridized carbons (Fsp3) is 0.444. The van der Waals surface area contributed by atoms with Crippen molar-refractivity contribution in [2.24, 2.45) is 11.3 Å². The number of hydrogen-bond donors (Lipinski definition) is 0. The van der Waals surface area contributed by atoms with Crippen molar-refractivity contribution >= 4 is 6.08 Å². The molecule has 18 heavy (non-hydrogen) atoms. The van der Waals surface area contributed by atoms with E-state index in [-0.39, 0.29) is 0 Å². The van der Waals surface area contributed by atoms with Crippen LogP contribution in [-0.4, -0.2) is 0 Å². The van der Waals surface area contributed by atoms with Gasteiger partial charge in [0, 0.05) is 11.3 Å². The number of rotatable bonds is 2. The number of benzene rings is 1. The van der Waals surface area contributed by atoms with Crippen LogP contribution >= 0.6 is 0 Å². The summed E-state index contributed by atoms with van der Waals surface area (Å²) in [6.07, 6.45) is 12.9. The molecule has 4 rings (SSSR count). The van der Waals surface area contributed by atoms with Crippen LogP contribution < -0.4 is 0 Å². The van der Waals surface area contributed by atoms with Crippen molar-refractivity contribution in [3.05, 3.63) is 53.1 Å². The zero-order chi connectivity index (χ0) is 12.2. The fourth-order valence-electron chi connectivity index (χ4n) is 4.68. The Hall–Kier alpha value is -1.30. The van der Waals surface area contributed by atoms with Crippen LogP contribution in [0.4, 0.5) is 0 Å². The molecule has 1 aromatic carbocycles. The Morgan fingerprint density at radius 3 is 3.00 bits per heavy atom. The fourth-order valence-corrected chi connectivity index (χ4v) is 4.68. The highest BCUT2D eigenvalue weighted by molar-refractivity contribution is 5.64. The summed E-state index contributed by atoms with van der Waals surface area (Å²) in [6.45, 7) is 2.33. The van der Waals surface area contributed by atoms with Gasteiger partial charge in [-0.15, -0.1) is 0 Å². The maximum Gasteiger partial charge on any atom is 0.0121 e. The van der Waals surface area contributed by atoms with Crippen LogP contribution in [0.2, 0.25) is 0 Å². The van der Waals surface area contributed by atoms with Gasteiger partial charge < -0.3 is 0 Å². The standard InChI is InChI=1S/C18H20/c1-2-15-11-13-9-10-18(15,12-13)17-8-7-14-5-3-4-6-16(14)17/h3-8,11,13,17H,2,9-10,12H2,1H3. The van der Waals surface area contributed by atoms with Crippen LogP contribution in [0.5, 0.6) is 0 Å². The van der Waals surface area contributed by atoms with Crippen molar-refractivity contribution in [1.29, 1.82) is 0 Å². The minimum Gasteiger partial charge on any atom is -0.0816 e. The number of allylic oxidation sites excluding steroid dienone is 3. The first-order valence-corrected chi connectivity index (χ1v) is 7.32. The number of fused-ring (bicyclic) bond motifs is 3. The van der Waals surface area contributed by atoms with Gasteiger partial charge in [-0.3, -0.25) is 0 Å². The van der Waals surface area contributed by atoms with Crippen molar-refractivity contribution in [3.63, 3.8) is 0 Å². The van der Waals surface area contributed by atoms with Gasteiger partial charge in [0.1, 0.15) is 0 Å². The third kappa shape index (κ3) is 1.21. The van der Waals surface area contributed by atoms with E-state index in [1.54, 1.807) is 11.1 Å². The molecule has 2 bridgehead atoms. The Morgan fingerprint density at radius 2 is 2.17 bits per heavy atom. The lowest BCUT2D eigenvalue weighted by molar-refractivity contribution is 0.330. The van der Waals surface area contributed by atoms with Crippen LogP contribution in [0.1, 0.15) is 49.7 Å². The Kier molecular flexibility index (Phi) is 2.12. The molecule has 1 fully saturated rings. The molecule has 0 heterocycles. The Morgan fingerprint density at radius 1 is 1.28 bits per heavy atom. The van der Waals surface area contributed by atoms with Gasteiger partial charge in [-0.1, -0.05) is 55.0 Å². The van der Waals surface area contributed by atoms with Gasteiger partial charge in [-0.2, -0.15) is 0 Å². The second-order valence-corrected chi connectivity index (χ2v) is 6.17. The molecule has 3 aliphatic rings. The molecule has 0 nitrogen and oxygen atoms in total. The summed E-state index contributed by atoms with van der Waals surface area (Å²) >= 11 is 0. The second-order valence-electron chi connectivity index (χ2n) is 6.17. The molecule has 3 aliphatic carbocycles. The summed E-state index contributed by atoms with van der Waals surface area (Å²) in [4.78, 5) is 0. The Balaban J connectivity index is 1.82. The smallest absolute Gasteiger partial charge is 0.0121 e. The predicted molar refractivity (Wildman–Crippen MR) is 76.4 cm³/mol. The van der Waals surface area contributed by atoms with Crippen molar-refractivity contribution in [2.45, 2.75) is 38.5 Å². The third-order valence-corrected chi connectivity index (χ3v) is 5.44. The van der Waals surface area contributed by atoms with E-state index >= 15 is 0 Å². The molecule has 0 radical (unpaired) electrons. The van der Waals surface area contributed by atoms with Gasteiger partial charge in [-0.25, -0.2) is 0 Å². The average molecular weight is 236 g/mol. The lowest BCUT2D eigenvalue weighted by Gasteiger charge is -2.36. The first kappa shape index (κ1) is 10.6. The molecule has 0 amide bonds. The van der Waals surface area contributed by atoms with Gasteiger partial charge in [0.25, 0.3) is 0 Å². The highest BCUT2D eigenvalue weighted by Gasteiger charge is 2.51. The van der Waals surface area contributed by atoms with E-state index in [9.17, 15) is 0 Å². The summed E-state index contributed by atoms with van der Waals surface area (Å²) in [5.41, 5.74) is 5.23. The topological polar surface area (TPSA) is 0 Å². The van der Waals surface area contributed by atoms with Crippen molar-refractivity contribution < 1.29 is 0 Å². The monoisotopic (exact) mass is 236 g/mol. The summed E-state index contributed by atoms with van der Waals surface area (Å²) in [5.74, 6) is 1.52.